The quantitative estimate of drug-likeness (QED) is 0.425. The molecule has 1 heterocycles. The summed E-state index contributed by atoms with van der Waals surface area (Å²) in [4.78, 5) is 26.6. The van der Waals surface area contributed by atoms with Crippen molar-refractivity contribution in [1.29, 1.82) is 0 Å². The lowest BCUT2D eigenvalue weighted by Crippen LogP contribution is -2.30. The Bertz CT molecular complexity index is 1390. The number of hydrogen-bond acceptors (Lipinski definition) is 6. The van der Waals surface area contributed by atoms with Gasteiger partial charge in [0, 0.05) is 10.4 Å². The lowest BCUT2D eigenvalue weighted by molar-refractivity contribution is 0.0601. The van der Waals surface area contributed by atoms with Crippen LogP contribution in [0.4, 0.5) is 10.7 Å². The number of carbonyl (C=O) groups is 2. The summed E-state index contributed by atoms with van der Waals surface area (Å²) in [6.07, 6.45) is 4.97. The van der Waals surface area contributed by atoms with Crippen LogP contribution in [0.2, 0.25) is 0 Å². The summed E-state index contributed by atoms with van der Waals surface area (Å²) in [5.74, 6) is -0.771. The van der Waals surface area contributed by atoms with Gasteiger partial charge in [0.2, 0.25) is 10.0 Å². The zero-order valence-corrected chi connectivity index (χ0v) is 22.5. The molecule has 7 nitrogen and oxygen atoms in total. The second-order valence-electron chi connectivity index (χ2n) is 9.07. The van der Waals surface area contributed by atoms with Crippen LogP contribution in [-0.2, 0) is 34.1 Å². The van der Waals surface area contributed by atoms with Crippen LogP contribution in [0.15, 0.2) is 42.5 Å². The van der Waals surface area contributed by atoms with Crippen molar-refractivity contribution in [2.75, 3.05) is 23.0 Å². The van der Waals surface area contributed by atoms with Gasteiger partial charge < -0.3 is 10.1 Å². The number of carbonyl (C=O) groups excluding carboxylic acids is 2. The van der Waals surface area contributed by atoms with Gasteiger partial charge in [0.05, 0.1) is 31.2 Å². The number of ether oxygens (including phenoxy) is 1. The number of nitrogens with one attached hydrogen (secondary N) is 1. The maximum Gasteiger partial charge on any atom is 0.341 e. The molecule has 1 aliphatic carbocycles. The number of amides is 1. The molecular formula is C27H30N2O5S2. The van der Waals surface area contributed by atoms with Gasteiger partial charge in [-0.25, -0.2) is 13.2 Å². The maximum absolute atomic E-state index is 13.0. The largest absolute Gasteiger partial charge is 0.465 e. The van der Waals surface area contributed by atoms with E-state index in [0.29, 0.717) is 21.8 Å². The SMILES string of the molecule is COC(=O)c1c(NC(=O)c2ccc(CN(c3c(C)cccc3C)S(C)(=O)=O)cc2)sc2c1CCCC2. The number of rotatable bonds is 7. The normalized spacial score (nSPS) is 13.1. The fourth-order valence-electron chi connectivity index (χ4n) is 4.64. The Kier molecular flexibility index (Phi) is 7.51. The number of hydrogen-bond donors (Lipinski definition) is 1. The van der Waals surface area contributed by atoms with E-state index in [9.17, 15) is 18.0 Å². The molecule has 1 N–H and O–H groups in total. The second-order valence-corrected chi connectivity index (χ2v) is 12.1. The predicted molar refractivity (Wildman–Crippen MR) is 144 cm³/mol. The summed E-state index contributed by atoms with van der Waals surface area (Å²) in [5, 5.41) is 3.41. The smallest absolute Gasteiger partial charge is 0.341 e. The fourth-order valence-corrected chi connectivity index (χ4v) is 6.91. The van der Waals surface area contributed by atoms with E-state index in [2.05, 4.69) is 5.32 Å². The third-order valence-electron chi connectivity index (χ3n) is 6.42. The molecule has 0 aliphatic heterocycles. The molecule has 0 saturated carbocycles. The Balaban J connectivity index is 1.56. The van der Waals surface area contributed by atoms with Gasteiger partial charge in [-0.1, -0.05) is 30.3 Å². The van der Waals surface area contributed by atoms with Crippen LogP contribution in [0.25, 0.3) is 0 Å². The number of fused-ring (bicyclic) bond motifs is 1. The van der Waals surface area contributed by atoms with E-state index in [1.165, 1.54) is 29.0 Å². The van der Waals surface area contributed by atoms with Crippen LogP contribution < -0.4 is 9.62 Å². The molecule has 1 aromatic heterocycles. The molecule has 0 bridgehead atoms. The van der Waals surface area contributed by atoms with E-state index in [-0.39, 0.29) is 12.5 Å². The molecule has 190 valence electrons. The fraction of sp³-hybridized carbons (Fsp3) is 0.333. The highest BCUT2D eigenvalue weighted by atomic mass is 32.2. The first-order chi connectivity index (χ1) is 17.1. The highest BCUT2D eigenvalue weighted by molar-refractivity contribution is 7.92. The molecule has 0 radical (unpaired) electrons. The van der Waals surface area contributed by atoms with Gasteiger partial charge in [-0.2, -0.15) is 0 Å². The molecular weight excluding hydrogens is 496 g/mol. The zero-order chi connectivity index (χ0) is 26.0. The van der Waals surface area contributed by atoms with Crippen molar-refractivity contribution in [1.82, 2.24) is 0 Å². The van der Waals surface area contributed by atoms with Crippen molar-refractivity contribution in [3.63, 3.8) is 0 Å². The third kappa shape index (κ3) is 5.32. The summed E-state index contributed by atoms with van der Waals surface area (Å²) >= 11 is 1.44. The van der Waals surface area contributed by atoms with Crippen LogP contribution in [0.1, 0.15) is 60.7 Å². The average molecular weight is 527 g/mol. The van der Waals surface area contributed by atoms with Gasteiger partial charge in [-0.15, -0.1) is 11.3 Å². The van der Waals surface area contributed by atoms with Gasteiger partial charge in [0.25, 0.3) is 5.91 Å². The minimum atomic E-state index is -3.53. The van der Waals surface area contributed by atoms with E-state index in [1.54, 1.807) is 24.3 Å². The summed E-state index contributed by atoms with van der Waals surface area (Å²) in [7, 11) is -2.19. The summed E-state index contributed by atoms with van der Waals surface area (Å²) in [6.45, 7) is 3.93. The molecule has 36 heavy (non-hydrogen) atoms. The summed E-state index contributed by atoms with van der Waals surface area (Å²) in [6, 6.07) is 12.5. The third-order valence-corrected chi connectivity index (χ3v) is 8.74. The Labute approximate surface area is 216 Å². The van der Waals surface area contributed by atoms with E-state index >= 15 is 0 Å². The number of sulfonamides is 1. The van der Waals surface area contributed by atoms with Crippen molar-refractivity contribution in [2.24, 2.45) is 0 Å². The van der Waals surface area contributed by atoms with Crippen LogP contribution in [-0.4, -0.2) is 33.7 Å². The molecule has 9 heteroatoms. The van der Waals surface area contributed by atoms with E-state index in [4.69, 9.17) is 4.74 Å². The number of aryl methyl sites for hydroxylation is 3. The number of nitrogens with zero attached hydrogens (tertiary/aromatic N) is 1. The van der Waals surface area contributed by atoms with Gasteiger partial charge in [0.15, 0.2) is 0 Å². The Morgan fingerprint density at radius 2 is 1.67 bits per heavy atom. The molecule has 2 aromatic carbocycles. The van der Waals surface area contributed by atoms with Crippen molar-refractivity contribution < 1.29 is 22.7 Å². The molecule has 1 aliphatic rings. The predicted octanol–water partition coefficient (Wildman–Crippen LogP) is 5.25. The monoisotopic (exact) mass is 526 g/mol. The second kappa shape index (κ2) is 10.4. The van der Waals surface area contributed by atoms with Crippen molar-refractivity contribution in [2.45, 2.75) is 46.1 Å². The molecule has 0 unspecified atom stereocenters. The molecule has 0 atom stereocenters. The van der Waals surface area contributed by atoms with Crippen molar-refractivity contribution in [3.8, 4) is 0 Å². The van der Waals surface area contributed by atoms with Gasteiger partial charge >= 0.3 is 5.97 Å². The van der Waals surface area contributed by atoms with Crippen LogP contribution >= 0.6 is 11.3 Å². The average Bonchev–Trinajstić information content (AvgIpc) is 3.20. The first-order valence-corrected chi connectivity index (χ1v) is 14.4. The van der Waals surface area contributed by atoms with E-state index in [1.807, 2.05) is 32.0 Å². The van der Waals surface area contributed by atoms with Crippen molar-refractivity contribution in [3.05, 3.63) is 80.7 Å². The first kappa shape index (κ1) is 25.9. The standard InChI is InChI=1S/C27H30N2O5S2/c1-17-8-7-9-18(2)24(17)29(36(4,32)33)16-19-12-14-20(15-13-19)25(30)28-26-23(27(31)34-3)21-10-5-6-11-22(21)35-26/h7-9,12-15H,5-6,10-11,16H2,1-4H3,(H,28,30). The Morgan fingerprint density at radius 1 is 1.03 bits per heavy atom. The summed E-state index contributed by atoms with van der Waals surface area (Å²) in [5.41, 5.74) is 5.02. The number of para-hydroxylation sites is 1. The minimum absolute atomic E-state index is 0.149. The number of thiophene rings is 1. The van der Waals surface area contributed by atoms with Crippen LogP contribution in [0, 0.1) is 13.8 Å². The molecule has 0 fully saturated rings. The lowest BCUT2D eigenvalue weighted by atomic mass is 9.95. The number of methoxy groups -OCH3 is 1. The highest BCUT2D eigenvalue weighted by Gasteiger charge is 2.27. The molecule has 0 saturated heterocycles. The van der Waals surface area contributed by atoms with Gasteiger partial charge in [-0.05, 0) is 73.9 Å². The van der Waals surface area contributed by atoms with Crippen molar-refractivity contribution >= 4 is 43.9 Å². The zero-order valence-electron chi connectivity index (χ0n) is 20.9. The maximum atomic E-state index is 13.0. The summed E-state index contributed by atoms with van der Waals surface area (Å²) < 4.78 is 31.7. The highest BCUT2D eigenvalue weighted by Crippen LogP contribution is 2.38. The molecule has 4 rings (SSSR count). The first-order valence-electron chi connectivity index (χ1n) is 11.8. The van der Waals surface area contributed by atoms with Gasteiger partial charge in [0.1, 0.15) is 5.00 Å². The molecule has 0 spiro atoms. The molecule has 1 amide bonds. The van der Waals surface area contributed by atoms with Gasteiger partial charge in [-0.3, -0.25) is 9.10 Å². The van der Waals surface area contributed by atoms with Crippen LogP contribution in [0.3, 0.4) is 0 Å². The van der Waals surface area contributed by atoms with Crippen LogP contribution in [0.5, 0.6) is 0 Å². The van der Waals surface area contributed by atoms with E-state index in [0.717, 1.165) is 52.8 Å². The minimum Gasteiger partial charge on any atom is -0.465 e. The number of anilines is 2. The Hall–Kier alpha value is -3.17. The van der Waals surface area contributed by atoms with E-state index < -0.39 is 16.0 Å². The topological polar surface area (TPSA) is 92.8 Å². The number of benzene rings is 2. The lowest BCUT2D eigenvalue weighted by Gasteiger charge is -2.26. The Morgan fingerprint density at radius 3 is 2.28 bits per heavy atom. The number of esters is 1. The molecule has 3 aromatic rings.